The number of nitrogens with one attached hydrogen (secondary N) is 1. The van der Waals surface area contributed by atoms with Crippen molar-refractivity contribution in [2.75, 3.05) is 0 Å². The van der Waals surface area contributed by atoms with Crippen molar-refractivity contribution in [3.63, 3.8) is 0 Å². The Hall–Kier alpha value is -0.650. The van der Waals surface area contributed by atoms with Crippen LogP contribution in [0.2, 0.25) is 10.0 Å². The van der Waals surface area contributed by atoms with Crippen LogP contribution >= 0.6 is 39.1 Å². The average Bonchev–Trinajstić information content (AvgIpc) is 2.44. The molecule has 2 aromatic carbocycles. The van der Waals surface area contributed by atoms with Crippen molar-refractivity contribution in [3.05, 3.63) is 67.9 Å². The smallest absolute Gasteiger partial charge is 0.124 e. The third-order valence-corrected chi connectivity index (χ3v) is 4.68. The minimum atomic E-state index is -0.281. The maximum atomic E-state index is 13.1. The van der Waals surface area contributed by atoms with Gasteiger partial charge in [-0.1, -0.05) is 51.3 Å². The molecular weight excluding hydrogens is 378 g/mol. The fourth-order valence-corrected chi connectivity index (χ4v) is 3.18. The van der Waals surface area contributed by atoms with Crippen LogP contribution in [-0.4, -0.2) is 6.04 Å². The molecule has 0 saturated carbocycles. The van der Waals surface area contributed by atoms with Gasteiger partial charge < -0.3 is 0 Å². The first kappa shape index (κ1) is 16.7. The lowest BCUT2D eigenvalue weighted by atomic mass is 9.99. The number of benzene rings is 2. The number of hydrazine groups is 1. The first-order chi connectivity index (χ1) is 10.0. The topological polar surface area (TPSA) is 38.0 Å². The molecule has 0 aliphatic rings. The van der Waals surface area contributed by atoms with Gasteiger partial charge >= 0.3 is 0 Å². The van der Waals surface area contributed by atoms with E-state index in [9.17, 15) is 4.39 Å². The van der Waals surface area contributed by atoms with E-state index in [4.69, 9.17) is 29.0 Å². The zero-order chi connectivity index (χ0) is 15.4. The second kappa shape index (κ2) is 7.56. The molecule has 0 fully saturated rings. The highest BCUT2D eigenvalue weighted by molar-refractivity contribution is 9.10. The Bertz CT molecular complexity index is 617. The normalized spacial score (nSPS) is 12.4. The van der Waals surface area contributed by atoms with E-state index >= 15 is 0 Å². The summed E-state index contributed by atoms with van der Waals surface area (Å²) >= 11 is 15.7. The minimum absolute atomic E-state index is 0.0656. The van der Waals surface area contributed by atoms with Crippen LogP contribution in [0.4, 0.5) is 4.39 Å². The second-order valence-electron chi connectivity index (χ2n) is 4.71. The first-order valence-electron chi connectivity index (χ1n) is 6.34. The maximum absolute atomic E-state index is 13.1. The third-order valence-electron chi connectivity index (χ3n) is 3.23. The first-order valence-corrected chi connectivity index (χ1v) is 7.89. The van der Waals surface area contributed by atoms with Gasteiger partial charge in [-0.2, -0.15) is 0 Å². The summed E-state index contributed by atoms with van der Waals surface area (Å²) in [5.41, 5.74) is 4.57. The fourth-order valence-electron chi connectivity index (χ4n) is 2.12. The van der Waals surface area contributed by atoms with Gasteiger partial charge in [0.15, 0.2) is 0 Å². The van der Waals surface area contributed by atoms with Gasteiger partial charge in [-0.05, 0) is 48.2 Å². The number of rotatable bonds is 5. The van der Waals surface area contributed by atoms with E-state index in [1.165, 1.54) is 12.1 Å². The predicted octanol–water partition coefficient (Wildman–Crippen LogP) is 4.51. The number of hydrogen-bond donors (Lipinski definition) is 2. The number of hydrogen-bond acceptors (Lipinski definition) is 2. The summed E-state index contributed by atoms with van der Waals surface area (Å²) in [5, 5.41) is 1.22. The molecule has 3 N–H and O–H groups in total. The van der Waals surface area contributed by atoms with Crippen molar-refractivity contribution in [2.45, 2.75) is 18.9 Å². The Morgan fingerprint density at radius 3 is 2.38 bits per heavy atom. The molecule has 0 bridgehead atoms. The van der Waals surface area contributed by atoms with Crippen LogP contribution in [0.3, 0.4) is 0 Å². The highest BCUT2D eigenvalue weighted by Crippen LogP contribution is 2.27. The summed E-state index contributed by atoms with van der Waals surface area (Å²) in [6.45, 7) is 0. The Kier molecular flexibility index (Phi) is 6.02. The van der Waals surface area contributed by atoms with Crippen molar-refractivity contribution in [3.8, 4) is 0 Å². The lowest BCUT2D eigenvalue weighted by molar-refractivity contribution is 0.521. The molecule has 0 radical (unpaired) electrons. The molecule has 2 aromatic rings. The number of nitrogens with two attached hydrogens (primary N) is 1. The molecule has 0 aliphatic carbocycles. The summed E-state index contributed by atoms with van der Waals surface area (Å²) < 4.78 is 13.8. The van der Waals surface area contributed by atoms with Gasteiger partial charge in [-0.25, -0.2) is 4.39 Å². The summed E-state index contributed by atoms with van der Waals surface area (Å²) in [4.78, 5) is 0. The molecule has 0 spiro atoms. The van der Waals surface area contributed by atoms with Gasteiger partial charge in [0.2, 0.25) is 0 Å². The van der Waals surface area contributed by atoms with E-state index in [0.717, 1.165) is 11.1 Å². The molecule has 0 saturated heterocycles. The lowest BCUT2D eigenvalue weighted by Gasteiger charge is -2.18. The van der Waals surface area contributed by atoms with Crippen LogP contribution < -0.4 is 11.3 Å². The average molecular weight is 392 g/mol. The quantitative estimate of drug-likeness (QED) is 0.581. The van der Waals surface area contributed by atoms with E-state index in [-0.39, 0.29) is 11.9 Å². The highest BCUT2D eigenvalue weighted by Gasteiger charge is 2.15. The zero-order valence-corrected chi connectivity index (χ0v) is 14.1. The van der Waals surface area contributed by atoms with Crippen LogP contribution in [0.5, 0.6) is 0 Å². The maximum Gasteiger partial charge on any atom is 0.124 e. The largest absolute Gasteiger partial charge is 0.271 e. The van der Waals surface area contributed by atoms with Gasteiger partial charge in [0.1, 0.15) is 5.82 Å². The lowest BCUT2D eigenvalue weighted by Crippen LogP contribution is -2.38. The summed E-state index contributed by atoms with van der Waals surface area (Å²) in [5.74, 6) is 5.34. The van der Waals surface area contributed by atoms with Crippen LogP contribution in [0, 0.1) is 5.82 Å². The van der Waals surface area contributed by atoms with E-state index < -0.39 is 0 Å². The van der Waals surface area contributed by atoms with Crippen LogP contribution in [0.25, 0.3) is 0 Å². The van der Waals surface area contributed by atoms with Crippen LogP contribution in [0.15, 0.2) is 40.9 Å². The molecule has 2 rings (SSSR count). The molecule has 0 heterocycles. The highest BCUT2D eigenvalue weighted by atomic mass is 79.9. The van der Waals surface area contributed by atoms with Crippen molar-refractivity contribution in [1.29, 1.82) is 0 Å². The molecule has 2 nitrogen and oxygen atoms in total. The third kappa shape index (κ3) is 4.41. The molecule has 1 atom stereocenters. The van der Waals surface area contributed by atoms with E-state index in [0.29, 0.717) is 27.4 Å². The van der Waals surface area contributed by atoms with E-state index in [2.05, 4.69) is 21.4 Å². The summed E-state index contributed by atoms with van der Waals surface area (Å²) in [6.07, 6.45) is 1.21. The van der Waals surface area contributed by atoms with Crippen molar-refractivity contribution in [1.82, 2.24) is 5.43 Å². The predicted molar refractivity (Wildman–Crippen MR) is 89.1 cm³/mol. The van der Waals surface area contributed by atoms with Crippen LogP contribution in [-0.2, 0) is 12.8 Å². The van der Waals surface area contributed by atoms with Crippen molar-refractivity contribution in [2.24, 2.45) is 5.84 Å². The molecule has 0 aromatic heterocycles. The Balaban J connectivity index is 2.17. The fraction of sp³-hybridized carbons (Fsp3) is 0.200. The Morgan fingerprint density at radius 2 is 1.81 bits per heavy atom. The molecular formula is C15H14BrCl2FN2. The van der Waals surface area contributed by atoms with Gasteiger partial charge in [0.05, 0.1) is 0 Å². The van der Waals surface area contributed by atoms with Gasteiger partial charge in [0, 0.05) is 20.6 Å². The van der Waals surface area contributed by atoms with Gasteiger partial charge in [-0.15, -0.1) is 0 Å². The van der Waals surface area contributed by atoms with Gasteiger partial charge in [0.25, 0.3) is 0 Å². The minimum Gasteiger partial charge on any atom is -0.271 e. The molecule has 112 valence electrons. The van der Waals surface area contributed by atoms with E-state index in [1.54, 1.807) is 24.3 Å². The monoisotopic (exact) mass is 390 g/mol. The molecule has 1 unspecified atom stereocenters. The standard InChI is InChI=1S/C15H14BrCl2FN2/c16-13-7-10(19)5-4-9(13)6-11(21-20)8-12-14(17)2-1-3-15(12)18/h1-5,7,11,21H,6,8,20H2. The van der Waals surface area contributed by atoms with Crippen LogP contribution in [0.1, 0.15) is 11.1 Å². The molecule has 6 heteroatoms. The number of halogens is 4. The zero-order valence-electron chi connectivity index (χ0n) is 11.0. The Morgan fingerprint density at radius 1 is 1.14 bits per heavy atom. The van der Waals surface area contributed by atoms with Gasteiger partial charge in [-0.3, -0.25) is 11.3 Å². The van der Waals surface area contributed by atoms with E-state index in [1.807, 2.05) is 0 Å². The Labute approximate surface area is 141 Å². The van der Waals surface area contributed by atoms with Crippen molar-refractivity contribution < 1.29 is 4.39 Å². The second-order valence-corrected chi connectivity index (χ2v) is 6.38. The SMILES string of the molecule is NNC(Cc1ccc(F)cc1Br)Cc1c(Cl)cccc1Cl. The van der Waals surface area contributed by atoms with Crippen molar-refractivity contribution >= 4 is 39.1 Å². The molecule has 21 heavy (non-hydrogen) atoms. The molecule has 0 aliphatic heterocycles. The molecule has 0 amide bonds. The summed E-state index contributed by atoms with van der Waals surface area (Å²) in [7, 11) is 0. The summed E-state index contributed by atoms with van der Waals surface area (Å²) in [6, 6.07) is 9.92.